The number of halogens is 1. The van der Waals surface area contributed by atoms with E-state index in [2.05, 4.69) is 20.9 Å². The average Bonchev–Trinajstić information content (AvgIpc) is 2.27. The quantitative estimate of drug-likeness (QED) is 0.491. The van der Waals surface area contributed by atoms with Crippen LogP contribution in [0.4, 0.5) is 5.69 Å². The second kappa shape index (κ2) is 5.33. The topological polar surface area (TPSA) is 96.5 Å². The standard InChI is InChI=1S/C9H11BrN2O4/c1-5-7(12(15)16)2-6(4-11-5)9(14)8(13)3-10/h2,4,8-9,13-14H,3H2,1H3. The van der Waals surface area contributed by atoms with Gasteiger partial charge in [-0.05, 0) is 6.92 Å². The Labute approximate surface area is 100 Å². The van der Waals surface area contributed by atoms with E-state index in [-0.39, 0.29) is 22.3 Å². The van der Waals surface area contributed by atoms with Crippen molar-refractivity contribution in [3.05, 3.63) is 33.6 Å². The number of alkyl halides is 1. The van der Waals surface area contributed by atoms with E-state index in [0.717, 1.165) is 0 Å². The van der Waals surface area contributed by atoms with Gasteiger partial charge in [0.2, 0.25) is 0 Å². The van der Waals surface area contributed by atoms with Gasteiger partial charge in [-0.15, -0.1) is 0 Å². The fourth-order valence-electron chi connectivity index (χ4n) is 1.19. The van der Waals surface area contributed by atoms with Crippen molar-refractivity contribution in [2.45, 2.75) is 19.1 Å². The maximum absolute atomic E-state index is 10.6. The maximum Gasteiger partial charge on any atom is 0.290 e. The molecule has 0 aliphatic heterocycles. The Balaban J connectivity index is 3.07. The number of rotatable bonds is 4. The average molecular weight is 291 g/mol. The molecule has 0 bridgehead atoms. The summed E-state index contributed by atoms with van der Waals surface area (Å²) in [5.74, 6) is 0. The summed E-state index contributed by atoms with van der Waals surface area (Å²) in [7, 11) is 0. The Bertz CT molecular complexity index is 399. The Hall–Kier alpha value is -1.05. The van der Waals surface area contributed by atoms with Gasteiger partial charge < -0.3 is 10.2 Å². The van der Waals surface area contributed by atoms with Crippen LogP contribution in [0.2, 0.25) is 0 Å². The van der Waals surface area contributed by atoms with Gasteiger partial charge in [-0.1, -0.05) is 15.9 Å². The van der Waals surface area contributed by atoms with Gasteiger partial charge in [-0.3, -0.25) is 15.1 Å². The summed E-state index contributed by atoms with van der Waals surface area (Å²) in [6.07, 6.45) is -0.894. The Kier molecular flexibility index (Phi) is 4.34. The van der Waals surface area contributed by atoms with Crippen LogP contribution in [0.3, 0.4) is 0 Å². The SMILES string of the molecule is Cc1ncc(C(O)C(O)CBr)cc1[N+](=O)[O-]. The number of aromatic nitrogens is 1. The Morgan fingerprint density at radius 2 is 2.25 bits per heavy atom. The number of aryl methyl sites for hydroxylation is 1. The summed E-state index contributed by atoms with van der Waals surface area (Å²) in [5.41, 5.74) is 0.330. The van der Waals surface area contributed by atoms with Gasteiger partial charge in [0.25, 0.3) is 5.69 Å². The van der Waals surface area contributed by atoms with Crippen molar-refractivity contribution >= 4 is 21.6 Å². The lowest BCUT2D eigenvalue weighted by Gasteiger charge is -2.15. The molecule has 88 valence electrons. The van der Waals surface area contributed by atoms with E-state index in [1.807, 2.05) is 0 Å². The number of nitro groups is 1. The van der Waals surface area contributed by atoms with E-state index in [9.17, 15) is 20.3 Å². The van der Waals surface area contributed by atoms with Crippen molar-refractivity contribution < 1.29 is 15.1 Å². The van der Waals surface area contributed by atoms with Crippen LogP contribution < -0.4 is 0 Å². The molecule has 2 unspecified atom stereocenters. The van der Waals surface area contributed by atoms with Crippen molar-refractivity contribution in [3.8, 4) is 0 Å². The fourth-order valence-corrected chi connectivity index (χ4v) is 1.54. The van der Waals surface area contributed by atoms with E-state index in [0.29, 0.717) is 0 Å². The van der Waals surface area contributed by atoms with Crippen LogP contribution in [-0.2, 0) is 0 Å². The smallest absolute Gasteiger partial charge is 0.290 e. The van der Waals surface area contributed by atoms with E-state index in [1.54, 1.807) is 0 Å². The van der Waals surface area contributed by atoms with Crippen LogP contribution in [0.5, 0.6) is 0 Å². The van der Waals surface area contributed by atoms with E-state index < -0.39 is 17.1 Å². The Morgan fingerprint density at radius 3 is 2.75 bits per heavy atom. The van der Waals surface area contributed by atoms with Crippen molar-refractivity contribution in [3.63, 3.8) is 0 Å². The third-order valence-corrected chi connectivity index (χ3v) is 2.81. The second-order valence-electron chi connectivity index (χ2n) is 3.30. The number of nitrogens with zero attached hydrogens (tertiary/aromatic N) is 2. The van der Waals surface area contributed by atoms with E-state index in [4.69, 9.17) is 0 Å². The van der Waals surface area contributed by atoms with Crippen molar-refractivity contribution in [1.82, 2.24) is 4.98 Å². The molecule has 0 aliphatic rings. The minimum Gasteiger partial charge on any atom is -0.389 e. The first-order valence-corrected chi connectivity index (χ1v) is 5.62. The molecule has 0 amide bonds. The molecule has 7 heteroatoms. The molecule has 0 aromatic carbocycles. The molecule has 1 heterocycles. The predicted molar refractivity (Wildman–Crippen MR) is 60.4 cm³/mol. The normalized spacial score (nSPS) is 14.5. The van der Waals surface area contributed by atoms with Crippen LogP contribution in [-0.4, -0.2) is 31.6 Å². The zero-order chi connectivity index (χ0) is 12.3. The fraction of sp³-hybridized carbons (Fsp3) is 0.444. The molecule has 2 atom stereocenters. The molecule has 16 heavy (non-hydrogen) atoms. The summed E-state index contributed by atoms with van der Waals surface area (Å²) in [6.45, 7) is 1.51. The summed E-state index contributed by atoms with van der Waals surface area (Å²) in [4.78, 5) is 13.9. The predicted octanol–water partition coefficient (Wildman–Crippen LogP) is 1.09. The van der Waals surface area contributed by atoms with Gasteiger partial charge in [0.05, 0.1) is 11.0 Å². The van der Waals surface area contributed by atoms with Crippen LogP contribution in [0.25, 0.3) is 0 Å². The Morgan fingerprint density at radius 1 is 1.62 bits per heavy atom. The molecule has 1 rings (SSSR count). The molecule has 0 spiro atoms. The highest BCUT2D eigenvalue weighted by Crippen LogP contribution is 2.23. The largest absolute Gasteiger partial charge is 0.389 e. The lowest BCUT2D eigenvalue weighted by atomic mass is 10.1. The number of hydrogen-bond donors (Lipinski definition) is 2. The third kappa shape index (κ3) is 2.75. The molecule has 1 aromatic heterocycles. The zero-order valence-electron chi connectivity index (χ0n) is 8.50. The van der Waals surface area contributed by atoms with Crippen molar-refractivity contribution in [2.24, 2.45) is 0 Å². The van der Waals surface area contributed by atoms with E-state index >= 15 is 0 Å². The second-order valence-corrected chi connectivity index (χ2v) is 3.94. The van der Waals surface area contributed by atoms with Gasteiger partial charge in [0.15, 0.2) is 0 Å². The zero-order valence-corrected chi connectivity index (χ0v) is 10.1. The first kappa shape index (κ1) is 13.0. The number of pyridine rings is 1. The molecule has 0 aliphatic carbocycles. The third-order valence-electron chi connectivity index (χ3n) is 2.14. The van der Waals surface area contributed by atoms with Gasteiger partial charge in [0, 0.05) is 23.2 Å². The van der Waals surface area contributed by atoms with Crippen LogP contribution in [0.1, 0.15) is 17.4 Å². The van der Waals surface area contributed by atoms with E-state index in [1.165, 1.54) is 19.2 Å². The van der Waals surface area contributed by atoms with Crippen molar-refractivity contribution in [1.29, 1.82) is 0 Å². The monoisotopic (exact) mass is 290 g/mol. The molecular weight excluding hydrogens is 280 g/mol. The summed E-state index contributed by atoms with van der Waals surface area (Å²) in [6, 6.07) is 1.22. The lowest BCUT2D eigenvalue weighted by molar-refractivity contribution is -0.385. The molecule has 0 radical (unpaired) electrons. The first-order valence-electron chi connectivity index (χ1n) is 4.50. The number of aliphatic hydroxyl groups is 2. The highest BCUT2D eigenvalue weighted by Gasteiger charge is 2.21. The summed E-state index contributed by atoms with van der Waals surface area (Å²) < 4.78 is 0. The van der Waals surface area contributed by atoms with Crippen LogP contribution >= 0.6 is 15.9 Å². The highest BCUT2D eigenvalue weighted by atomic mass is 79.9. The summed E-state index contributed by atoms with van der Waals surface area (Å²) in [5, 5.41) is 29.9. The first-order chi connectivity index (χ1) is 7.47. The minimum atomic E-state index is -1.19. The highest BCUT2D eigenvalue weighted by molar-refractivity contribution is 9.09. The van der Waals surface area contributed by atoms with Crippen molar-refractivity contribution in [2.75, 3.05) is 5.33 Å². The number of aliphatic hydroxyl groups excluding tert-OH is 2. The number of hydrogen-bond acceptors (Lipinski definition) is 5. The van der Waals surface area contributed by atoms with Gasteiger partial charge in [-0.2, -0.15) is 0 Å². The van der Waals surface area contributed by atoms with Gasteiger partial charge in [-0.25, -0.2) is 0 Å². The molecule has 2 N–H and O–H groups in total. The molecule has 0 saturated heterocycles. The summed E-state index contributed by atoms with van der Waals surface area (Å²) >= 11 is 3.01. The maximum atomic E-state index is 10.6. The molecule has 0 saturated carbocycles. The minimum absolute atomic E-state index is 0.168. The lowest BCUT2D eigenvalue weighted by Crippen LogP contribution is -2.19. The van der Waals surface area contributed by atoms with Crippen LogP contribution in [0, 0.1) is 17.0 Å². The molecule has 6 nitrogen and oxygen atoms in total. The molecular formula is C9H11BrN2O4. The molecule has 1 aromatic rings. The van der Waals surface area contributed by atoms with Gasteiger partial charge in [0.1, 0.15) is 11.8 Å². The van der Waals surface area contributed by atoms with Gasteiger partial charge >= 0.3 is 0 Å². The molecule has 0 fully saturated rings. The van der Waals surface area contributed by atoms with Crippen LogP contribution in [0.15, 0.2) is 12.3 Å².